The highest BCUT2D eigenvalue weighted by Crippen LogP contribution is 2.44. The molecule has 0 saturated heterocycles. The summed E-state index contributed by atoms with van der Waals surface area (Å²) in [6.45, 7) is 0.744. The van der Waals surface area contributed by atoms with Gasteiger partial charge in [-0.05, 0) is 41.3 Å². The van der Waals surface area contributed by atoms with Crippen LogP contribution in [0.1, 0.15) is 38.3 Å². The molecule has 6 nitrogen and oxygen atoms in total. The molecule has 2 aromatic carbocycles. The molecule has 156 valence electrons. The van der Waals surface area contributed by atoms with Crippen molar-refractivity contribution in [2.75, 3.05) is 25.6 Å². The van der Waals surface area contributed by atoms with Gasteiger partial charge in [-0.25, -0.2) is 0 Å². The van der Waals surface area contributed by atoms with Gasteiger partial charge in [0.1, 0.15) is 0 Å². The molecule has 4 rings (SSSR count). The Labute approximate surface area is 184 Å². The maximum absolute atomic E-state index is 13.6. The lowest BCUT2D eigenvalue weighted by atomic mass is 9.81. The van der Waals surface area contributed by atoms with Crippen LogP contribution in [-0.4, -0.2) is 37.0 Å². The van der Waals surface area contributed by atoms with Gasteiger partial charge in [0.2, 0.25) is 5.91 Å². The van der Waals surface area contributed by atoms with E-state index in [4.69, 9.17) is 4.74 Å². The molecule has 0 spiro atoms. The summed E-state index contributed by atoms with van der Waals surface area (Å²) in [5, 5.41) is 14.1. The van der Waals surface area contributed by atoms with Gasteiger partial charge >= 0.3 is 0 Å². The summed E-state index contributed by atoms with van der Waals surface area (Å²) in [5.74, 6) is -0.937. The van der Waals surface area contributed by atoms with E-state index in [0.29, 0.717) is 35.5 Å². The van der Waals surface area contributed by atoms with Crippen LogP contribution in [0.3, 0.4) is 0 Å². The first-order valence-corrected chi connectivity index (χ1v) is 10.7. The minimum atomic E-state index is -0.602. The third-order valence-electron chi connectivity index (χ3n) is 5.35. The van der Waals surface area contributed by atoms with E-state index in [1.54, 1.807) is 42.3 Å². The van der Waals surface area contributed by atoms with E-state index in [2.05, 4.69) is 11.4 Å². The van der Waals surface area contributed by atoms with Crippen LogP contribution in [0.25, 0.3) is 0 Å². The zero-order valence-corrected chi connectivity index (χ0v) is 17.8. The van der Waals surface area contributed by atoms with E-state index in [0.717, 1.165) is 4.88 Å². The van der Waals surface area contributed by atoms with Crippen LogP contribution in [0.5, 0.6) is 0 Å². The van der Waals surface area contributed by atoms with Gasteiger partial charge in [-0.1, -0.05) is 30.3 Å². The van der Waals surface area contributed by atoms with Crippen LogP contribution < -0.4 is 5.32 Å². The first kappa shape index (κ1) is 20.8. The second kappa shape index (κ2) is 9.13. The molecular formula is C24H21N3O3S. The summed E-state index contributed by atoms with van der Waals surface area (Å²) in [6, 6.07) is 19.6. The van der Waals surface area contributed by atoms with Crippen LogP contribution in [0.4, 0.5) is 5.69 Å². The van der Waals surface area contributed by atoms with Gasteiger partial charge in [0, 0.05) is 29.8 Å². The second-order valence-electron chi connectivity index (χ2n) is 7.20. The zero-order valence-electron chi connectivity index (χ0n) is 16.9. The third-order valence-corrected chi connectivity index (χ3v) is 6.29. The fourth-order valence-electron chi connectivity index (χ4n) is 3.97. The normalized spacial score (nSPS) is 17.7. The van der Waals surface area contributed by atoms with Crippen LogP contribution in [-0.2, 0) is 9.53 Å². The molecule has 1 N–H and O–H groups in total. The van der Waals surface area contributed by atoms with Gasteiger partial charge in [0.25, 0.3) is 5.91 Å². The topological polar surface area (TPSA) is 82.4 Å². The standard InChI is InChI=1S/C24H21N3O3S/c1-30-12-11-27-22(20-10-5-13-31-20)21(18-8-2-3-9-19(18)24(27)29)23(28)26-17-7-4-6-16(14-17)15-25/h2-10,13-14,21-22H,11-12H2,1H3,(H,26,28)/t21-,22+/m0/s1. The number of benzene rings is 2. The Kier molecular flexibility index (Phi) is 6.12. The fraction of sp³-hybridized carbons (Fsp3) is 0.208. The van der Waals surface area contributed by atoms with Crippen LogP contribution in [0.2, 0.25) is 0 Å². The van der Waals surface area contributed by atoms with E-state index in [-0.39, 0.29) is 11.8 Å². The molecule has 0 bridgehead atoms. The van der Waals surface area contributed by atoms with E-state index < -0.39 is 12.0 Å². The summed E-state index contributed by atoms with van der Waals surface area (Å²) in [7, 11) is 1.59. The van der Waals surface area contributed by atoms with E-state index in [1.807, 2.05) is 35.7 Å². The largest absolute Gasteiger partial charge is 0.383 e. The van der Waals surface area contributed by atoms with Gasteiger partial charge in [-0.3, -0.25) is 9.59 Å². The number of thiophene rings is 1. The molecule has 0 radical (unpaired) electrons. The minimum absolute atomic E-state index is 0.110. The Morgan fingerprint density at radius 2 is 2.03 bits per heavy atom. The van der Waals surface area contributed by atoms with Crippen molar-refractivity contribution in [3.05, 3.63) is 87.6 Å². The predicted molar refractivity (Wildman–Crippen MR) is 119 cm³/mol. The van der Waals surface area contributed by atoms with Crippen molar-refractivity contribution < 1.29 is 14.3 Å². The molecule has 2 atom stereocenters. The van der Waals surface area contributed by atoms with Crippen molar-refractivity contribution >= 4 is 28.8 Å². The summed E-state index contributed by atoms with van der Waals surface area (Å²) in [4.78, 5) is 29.6. The van der Waals surface area contributed by atoms with Crippen LogP contribution in [0.15, 0.2) is 66.0 Å². The van der Waals surface area contributed by atoms with Gasteiger partial charge in [0.15, 0.2) is 0 Å². The minimum Gasteiger partial charge on any atom is -0.383 e. The number of hydrogen-bond donors (Lipinski definition) is 1. The van der Waals surface area contributed by atoms with E-state index >= 15 is 0 Å². The van der Waals surface area contributed by atoms with E-state index in [9.17, 15) is 14.9 Å². The third kappa shape index (κ3) is 4.08. The highest BCUT2D eigenvalue weighted by atomic mass is 32.1. The molecule has 1 aromatic heterocycles. The maximum atomic E-state index is 13.6. The van der Waals surface area contributed by atoms with Gasteiger partial charge in [-0.2, -0.15) is 5.26 Å². The number of nitriles is 1. The van der Waals surface area contributed by atoms with Gasteiger partial charge < -0.3 is 15.0 Å². The Morgan fingerprint density at radius 3 is 2.77 bits per heavy atom. The highest BCUT2D eigenvalue weighted by molar-refractivity contribution is 7.10. The smallest absolute Gasteiger partial charge is 0.254 e. The first-order valence-electron chi connectivity index (χ1n) is 9.87. The van der Waals surface area contributed by atoms with Crippen molar-refractivity contribution in [3.63, 3.8) is 0 Å². The summed E-state index contributed by atoms with van der Waals surface area (Å²) in [5.41, 5.74) is 2.24. The summed E-state index contributed by atoms with van der Waals surface area (Å²) < 4.78 is 5.24. The number of carbonyl (C=O) groups is 2. The lowest BCUT2D eigenvalue weighted by molar-refractivity contribution is -0.119. The molecule has 3 aromatic rings. The Morgan fingerprint density at radius 1 is 1.19 bits per heavy atom. The molecule has 31 heavy (non-hydrogen) atoms. The summed E-state index contributed by atoms with van der Waals surface area (Å²) in [6.07, 6.45) is 0. The predicted octanol–water partition coefficient (Wildman–Crippen LogP) is 4.19. The number of rotatable bonds is 6. The molecule has 0 unspecified atom stereocenters. The van der Waals surface area contributed by atoms with Crippen molar-refractivity contribution in [1.29, 1.82) is 5.26 Å². The SMILES string of the molecule is COCCN1C(=O)c2ccccc2[C@H](C(=O)Nc2cccc(C#N)c2)[C@H]1c1cccs1. The Balaban J connectivity index is 1.79. The molecule has 0 saturated carbocycles. The lowest BCUT2D eigenvalue weighted by Gasteiger charge is -2.41. The number of ether oxygens (including phenoxy) is 1. The Bertz CT molecular complexity index is 1140. The average Bonchev–Trinajstić information content (AvgIpc) is 3.33. The fourth-order valence-corrected chi connectivity index (χ4v) is 4.85. The van der Waals surface area contributed by atoms with Crippen molar-refractivity contribution in [2.45, 2.75) is 12.0 Å². The molecular weight excluding hydrogens is 410 g/mol. The quantitative estimate of drug-likeness (QED) is 0.635. The summed E-state index contributed by atoms with van der Waals surface area (Å²) >= 11 is 1.52. The van der Waals surface area contributed by atoms with E-state index in [1.165, 1.54) is 11.3 Å². The number of amides is 2. The van der Waals surface area contributed by atoms with Gasteiger partial charge in [-0.15, -0.1) is 11.3 Å². The van der Waals surface area contributed by atoms with Crippen LogP contribution in [0, 0.1) is 11.3 Å². The number of nitrogens with zero attached hydrogens (tertiary/aromatic N) is 2. The molecule has 2 heterocycles. The first-order chi connectivity index (χ1) is 15.1. The molecule has 0 fully saturated rings. The Hall–Kier alpha value is -3.47. The van der Waals surface area contributed by atoms with Crippen molar-refractivity contribution in [1.82, 2.24) is 4.90 Å². The number of hydrogen-bond acceptors (Lipinski definition) is 5. The maximum Gasteiger partial charge on any atom is 0.254 e. The molecule has 7 heteroatoms. The van der Waals surface area contributed by atoms with Crippen LogP contribution >= 0.6 is 11.3 Å². The number of nitrogens with one attached hydrogen (secondary N) is 1. The van der Waals surface area contributed by atoms with Crippen molar-refractivity contribution in [3.8, 4) is 6.07 Å². The number of carbonyl (C=O) groups excluding carboxylic acids is 2. The molecule has 1 aliphatic heterocycles. The molecule has 0 aliphatic carbocycles. The zero-order chi connectivity index (χ0) is 21.8. The highest BCUT2D eigenvalue weighted by Gasteiger charge is 2.44. The second-order valence-corrected chi connectivity index (χ2v) is 8.18. The molecule has 1 aliphatic rings. The van der Waals surface area contributed by atoms with Gasteiger partial charge in [0.05, 0.1) is 30.2 Å². The monoisotopic (exact) mass is 431 g/mol. The van der Waals surface area contributed by atoms with Crippen molar-refractivity contribution in [2.24, 2.45) is 0 Å². The lowest BCUT2D eigenvalue weighted by Crippen LogP contribution is -2.47. The average molecular weight is 432 g/mol. The molecule has 2 amide bonds. The number of fused-ring (bicyclic) bond motifs is 1. The number of methoxy groups -OCH3 is 1. The number of anilines is 1.